The van der Waals surface area contributed by atoms with Crippen LogP contribution in [0, 0.1) is 0 Å². The molecule has 0 aliphatic carbocycles. The zero-order chi connectivity index (χ0) is 12.6. The number of aromatic hydroxyl groups is 1. The van der Waals surface area contributed by atoms with Gasteiger partial charge in [0.2, 0.25) is 10.0 Å². The maximum atomic E-state index is 11.8. The first-order valence-corrected chi connectivity index (χ1v) is 5.26. The monoisotopic (exact) mass is 257 g/mol. The van der Waals surface area contributed by atoms with Gasteiger partial charge >= 0.3 is 6.36 Å². The molecule has 0 bridgehead atoms. The first-order valence-electron chi connectivity index (χ1n) is 3.71. The number of halogens is 3. The predicted molar refractivity (Wildman–Crippen MR) is 46.2 cm³/mol. The van der Waals surface area contributed by atoms with Crippen molar-refractivity contribution in [1.29, 1.82) is 0 Å². The third-order valence-corrected chi connectivity index (χ3v) is 2.41. The van der Waals surface area contributed by atoms with Crippen LogP contribution in [0.1, 0.15) is 0 Å². The molecule has 0 saturated heterocycles. The van der Waals surface area contributed by atoms with E-state index in [1.54, 1.807) is 0 Å². The first-order chi connectivity index (χ1) is 7.09. The Morgan fingerprint density at radius 2 is 1.88 bits per heavy atom. The van der Waals surface area contributed by atoms with Crippen molar-refractivity contribution < 1.29 is 31.4 Å². The highest BCUT2D eigenvalue weighted by molar-refractivity contribution is 7.89. The van der Waals surface area contributed by atoms with Crippen molar-refractivity contribution >= 4 is 10.0 Å². The largest absolute Gasteiger partial charge is 0.573 e. The summed E-state index contributed by atoms with van der Waals surface area (Å²) in [6, 6.07) is 1.98. The molecule has 0 heterocycles. The molecule has 9 heteroatoms. The van der Waals surface area contributed by atoms with E-state index in [1.807, 2.05) is 0 Å². The number of ether oxygens (including phenoxy) is 1. The van der Waals surface area contributed by atoms with Crippen LogP contribution in [0.3, 0.4) is 0 Å². The van der Waals surface area contributed by atoms with Crippen LogP contribution in [0.5, 0.6) is 11.5 Å². The van der Waals surface area contributed by atoms with Gasteiger partial charge in [0, 0.05) is 6.07 Å². The summed E-state index contributed by atoms with van der Waals surface area (Å²) in [6.07, 6.45) is -4.95. The summed E-state index contributed by atoms with van der Waals surface area (Å²) < 4.78 is 60.6. The van der Waals surface area contributed by atoms with Crippen molar-refractivity contribution in [3.05, 3.63) is 18.2 Å². The lowest BCUT2D eigenvalue weighted by Gasteiger charge is -2.10. The maximum absolute atomic E-state index is 11.8. The highest BCUT2D eigenvalue weighted by Crippen LogP contribution is 2.29. The highest BCUT2D eigenvalue weighted by Gasteiger charge is 2.31. The van der Waals surface area contributed by atoms with Crippen molar-refractivity contribution in [1.82, 2.24) is 0 Å². The molecule has 0 aliphatic rings. The zero-order valence-corrected chi connectivity index (χ0v) is 8.34. The molecule has 0 amide bonds. The minimum atomic E-state index is -4.95. The first kappa shape index (κ1) is 12.6. The lowest BCUT2D eigenvalue weighted by atomic mass is 10.3. The molecule has 0 saturated carbocycles. The summed E-state index contributed by atoms with van der Waals surface area (Å²) in [5.41, 5.74) is 0. The average Bonchev–Trinajstić information content (AvgIpc) is 2.04. The smallest absolute Gasteiger partial charge is 0.507 e. The molecule has 0 atom stereocenters. The van der Waals surface area contributed by atoms with Gasteiger partial charge in [-0.05, 0) is 12.1 Å². The summed E-state index contributed by atoms with van der Waals surface area (Å²) in [7, 11) is -4.31. The molecule has 0 spiro atoms. The molecule has 0 unspecified atom stereocenters. The highest BCUT2D eigenvalue weighted by atomic mass is 32.2. The lowest BCUT2D eigenvalue weighted by Crippen LogP contribution is -2.18. The molecule has 1 rings (SSSR count). The summed E-state index contributed by atoms with van der Waals surface area (Å²) in [5.74, 6) is -1.54. The molecule has 0 radical (unpaired) electrons. The van der Waals surface area contributed by atoms with Crippen LogP contribution in [0.15, 0.2) is 23.1 Å². The van der Waals surface area contributed by atoms with E-state index >= 15 is 0 Å². The Labute approximate surface area is 88.3 Å². The molecular weight excluding hydrogens is 251 g/mol. The predicted octanol–water partition coefficient (Wildman–Crippen LogP) is 0.938. The van der Waals surface area contributed by atoms with Gasteiger partial charge in [-0.1, -0.05) is 0 Å². The second-order valence-corrected chi connectivity index (χ2v) is 4.25. The van der Waals surface area contributed by atoms with Crippen molar-refractivity contribution in [3.63, 3.8) is 0 Å². The average molecular weight is 257 g/mol. The van der Waals surface area contributed by atoms with Crippen LogP contribution < -0.4 is 9.88 Å². The lowest BCUT2D eigenvalue weighted by molar-refractivity contribution is -0.274. The molecule has 16 heavy (non-hydrogen) atoms. The van der Waals surface area contributed by atoms with Gasteiger partial charge in [0.1, 0.15) is 16.4 Å². The van der Waals surface area contributed by atoms with E-state index in [0.717, 1.165) is 12.1 Å². The molecule has 1 aromatic carbocycles. The van der Waals surface area contributed by atoms with Gasteiger partial charge in [-0.2, -0.15) is 0 Å². The number of phenols is 1. The standard InChI is InChI=1S/C7H6F3NO4S/c8-7(9,10)15-4-1-2-5(12)6(3-4)16(11,13)14/h1-3,12H,(H2,11,13,14). The van der Waals surface area contributed by atoms with Gasteiger partial charge in [-0.25, -0.2) is 13.6 Å². The van der Waals surface area contributed by atoms with Crippen LogP contribution in [-0.4, -0.2) is 19.9 Å². The molecule has 90 valence electrons. The number of nitrogens with two attached hydrogens (primary N) is 1. The SMILES string of the molecule is NS(=O)(=O)c1cc(OC(F)(F)F)ccc1O. The van der Waals surface area contributed by atoms with Crippen LogP contribution in [-0.2, 0) is 10.0 Å². The Bertz CT molecular complexity index is 497. The van der Waals surface area contributed by atoms with Crippen LogP contribution in [0.2, 0.25) is 0 Å². The van der Waals surface area contributed by atoms with Crippen molar-refractivity contribution in [2.45, 2.75) is 11.3 Å². The second-order valence-electron chi connectivity index (χ2n) is 2.72. The Kier molecular flexibility index (Phi) is 3.01. The van der Waals surface area contributed by atoms with E-state index in [0.29, 0.717) is 6.07 Å². The fourth-order valence-electron chi connectivity index (χ4n) is 0.919. The van der Waals surface area contributed by atoms with Crippen LogP contribution in [0.25, 0.3) is 0 Å². The number of hydrogen-bond donors (Lipinski definition) is 2. The van der Waals surface area contributed by atoms with Gasteiger partial charge in [-0.15, -0.1) is 13.2 Å². The quantitative estimate of drug-likeness (QED) is 0.825. The van der Waals surface area contributed by atoms with Gasteiger partial charge < -0.3 is 9.84 Å². The van der Waals surface area contributed by atoms with Gasteiger partial charge in [-0.3, -0.25) is 0 Å². The summed E-state index contributed by atoms with van der Waals surface area (Å²) in [5, 5.41) is 13.7. The zero-order valence-electron chi connectivity index (χ0n) is 7.52. The number of hydrogen-bond acceptors (Lipinski definition) is 4. The van der Waals surface area contributed by atoms with E-state index in [2.05, 4.69) is 9.88 Å². The second kappa shape index (κ2) is 3.83. The van der Waals surface area contributed by atoms with Crippen LogP contribution in [0.4, 0.5) is 13.2 Å². The molecule has 3 N–H and O–H groups in total. The van der Waals surface area contributed by atoms with Gasteiger partial charge in [0.05, 0.1) is 0 Å². The number of primary sulfonamides is 1. The number of benzene rings is 1. The summed E-state index contributed by atoms with van der Waals surface area (Å²) in [4.78, 5) is -0.839. The fourth-order valence-corrected chi connectivity index (χ4v) is 1.56. The Morgan fingerprint density at radius 3 is 2.31 bits per heavy atom. The van der Waals surface area contributed by atoms with E-state index in [9.17, 15) is 21.6 Å². The summed E-state index contributed by atoms with van der Waals surface area (Å²) >= 11 is 0. The summed E-state index contributed by atoms with van der Waals surface area (Å²) in [6.45, 7) is 0. The minimum absolute atomic E-state index is 0.484. The molecule has 0 aliphatic heterocycles. The minimum Gasteiger partial charge on any atom is -0.507 e. The fraction of sp³-hybridized carbons (Fsp3) is 0.143. The Hall–Kier alpha value is -1.48. The third kappa shape index (κ3) is 3.28. The molecule has 5 nitrogen and oxygen atoms in total. The van der Waals surface area contributed by atoms with Gasteiger partial charge in [0.15, 0.2) is 0 Å². The van der Waals surface area contributed by atoms with E-state index in [-0.39, 0.29) is 0 Å². The number of rotatable bonds is 2. The van der Waals surface area contributed by atoms with E-state index < -0.39 is 32.8 Å². The van der Waals surface area contributed by atoms with E-state index in [4.69, 9.17) is 5.11 Å². The Balaban J connectivity index is 3.19. The topological polar surface area (TPSA) is 89.6 Å². The van der Waals surface area contributed by atoms with Gasteiger partial charge in [0.25, 0.3) is 0 Å². The number of phenolic OH excluding ortho intramolecular Hbond substituents is 1. The molecule has 0 aromatic heterocycles. The molecule has 0 fully saturated rings. The third-order valence-electron chi connectivity index (χ3n) is 1.47. The number of alkyl halides is 3. The normalized spacial score (nSPS) is 12.5. The Morgan fingerprint density at radius 1 is 1.31 bits per heavy atom. The molecule has 1 aromatic rings. The number of sulfonamides is 1. The van der Waals surface area contributed by atoms with Crippen molar-refractivity contribution in [2.75, 3.05) is 0 Å². The van der Waals surface area contributed by atoms with Crippen molar-refractivity contribution in [3.8, 4) is 11.5 Å². The maximum Gasteiger partial charge on any atom is 0.573 e. The molecular formula is C7H6F3NO4S. The van der Waals surface area contributed by atoms with E-state index in [1.165, 1.54) is 0 Å². The van der Waals surface area contributed by atoms with Crippen LogP contribution >= 0.6 is 0 Å². The van der Waals surface area contributed by atoms with Crippen molar-refractivity contribution in [2.24, 2.45) is 5.14 Å².